The Morgan fingerprint density at radius 3 is 2.42 bits per heavy atom. The first kappa shape index (κ1) is 23.0. The first-order chi connectivity index (χ1) is 15.9. The number of pyridine rings is 1. The molecule has 174 valence electrons. The number of piperazine rings is 1. The molecule has 4 rings (SSSR count). The normalized spacial score (nSPS) is 14.6. The van der Waals surface area contributed by atoms with E-state index in [0.29, 0.717) is 25.3 Å². The molecular formula is C26H32N4O3. The van der Waals surface area contributed by atoms with Gasteiger partial charge >= 0.3 is 0 Å². The van der Waals surface area contributed by atoms with E-state index in [-0.39, 0.29) is 24.5 Å². The Labute approximate surface area is 195 Å². The molecule has 1 aromatic carbocycles. The number of carbonyl (C=O) groups excluding carboxylic acids is 2. The van der Waals surface area contributed by atoms with E-state index in [1.54, 1.807) is 24.3 Å². The average molecular weight is 449 g/mol. The summed E-state index contributed by atoms with van der Waals surface area (Å²) in [7, 11) is 0. The third-order valence-corrected chi connectivity index (χ3v) is 6.23. The van der Waals surface area contributed by atoms with E-state index < -0.39 is 0 Å². The van der Waals surface area contributed by atoms with Gasteiger partial charge in [0, 0.05) is 57.3 Å². The van der Waals surface area contributed by atoms with Crippen LogP contribution in [0.3, 0.4) is 0 Å². The molecule has 3 heterocycles. The van der Waals surface area contributed by atoms with Crippen LogP contribution < -0.4 is 4.74 Å². The summed E-state index contributed by atoms with van der Waals surface area (Å²) in [5, 5.41) is 0. The number of ketones is 1. The highest BCUT2D eigenvalue weighted by Crippen LogP contribution is 2.18. The number of Topliss-reactive ketones (excluding diaryl/α,β-unsaturated/α-hetero) is 1. The molecule has 0 aliphatic carbocycles. The van der Waals surface area contributed by atoms with Crippen LogP contribution in [-0.2, 0) is 11.3 Å². The first-order valence-corrected chi connectivity index (χ1v) is 11.6. The number of rotatable bonds is 8. The molecule has 0 bridgehead atoms. The molecule has 0 atom stereocenters. The van der Waals surface area contributed by atoms with Crippen LogP contribution in [0.25, 0.3) is 5.65 Å². The average Bonchev–Trinajstić information content (AvgIpc) is 3.12. The molecule has 1 fully saturated rings. The lowest BCUT2D eigenvalue weighted by Crippen LogP contribution is -2.48. The number of imidazole rings is 1. The number of aryl methyl sites for hydroxylation is 2. The predicted molar refractivity (Wildman–Crippen MR) is 128 cm³/mol. The van der Waals surface area contributed by atoms with Gasteiger partial charge in [-0.15, -0.1) is 0 Å². The summed E-state index contributed by atoms with van der Waals surface area (Å²) in [6.07, 6.45) is 2.56. The van der Waals surface area contributed by atoms with Crippen LogP contribution in [0, 0.1) is 13.8 Å². The summed E-state index contributed by atoms with van der Waals surface area (Å²) >= 11 is 0. The first-order valence-electron chi connectivity index (χ1n) is 11.6. The minimum atomic E-state index is -0.0108. The van der Waals surface area contributed by atoms with E-state index in [0.717, 1.165) is 36.7 Å². The number of carbonyl (C=O) groups is 2. The van der Waals surface area contributed by atoms with Crippen molar-refractivity contribution in [3.05, 3.63) is 65.1 Å². The molecule has 0 spiro atoms. The minimum absolute atomic E-state index is 0.0108. The molecule has 0 unspecified atom stereocenters. The fourth-order valence-electron chi connectivity index (χ4n) is 4.30. The van der Waals surface area contributed by atoms with Crippen molar-refractivity contribution in [1.29, 1.82) is 0 Å². The van der Waals surface area contributed by atoms with Crippen molar-refractivity contribution >= 4 is 17.3 Å². The van der Waals surface area contributed by atoms with Gasteiger partial charge in [0.2, 0.25) is 5.91 Å². The SMILES string of the molecule is CCOc1ccc(C(=O)CCC(=O)N2CCN(Cc3c(C)nc4cc(C)ccn34)CC2)cc1. The summed E-state index contributed by atoms with van der Waals surface area (Å²) in [6.45, 7) is 10.5. The van der Waals surface area contributed by atoms with Gasteiger partial charge in [-0.25, -0.2) is 4.98 Å². The van der Waals surface area contributed by atoms with Gasteiger partial charge in [0.05, 0.1) is 18.0 Å². The van der Waals surface area contributed by atoms with Gasteiger partial charge in [0.1, 0.15) is 11.4 Å². The van der Waals surface area contributed by atoms with Crippen LogP contribution in [0.5, 0.6) is 5.75 Å². The summed E-state index contributed by atoms with van der Waals surface area (Å²) < 4.78 is 7.57. The number of aromatic nitrogens is 2. The molecule has 1 saturated heterocycles. The fraction of sp³-hybridized carbons (Fsp3) is 0.423. The third kappa shape index (κ3) is 5.42. The van der Waals surface area contributed by atoms with Gasteiger partial charge in [-0.1, -0.05) is 0 Å². The predicted octanol–water partition coefficient (Wildman–Crippen LogP) is 3.66. The van der Waals surface area contributed by atoms with Crippen LogP contribution in [0.1, 0.15) is 47.1 Å². The second kappa shape index (κ2) is 10.2. The number of nitrogens with zero attached hydrogens (tertiary/aromatic N) is 4. The Balaban J connectivity index is 1.26. The Bertz CT molecular complexity index is 1130. The zero-order valence-electron chi connectivity index (χ0n) is 19.7. The molecular weight excluding hydrogens is 416 g/mol. The minimum Gasteiger partial charge on any atom is -0.494 e. The number of hydrogen-bond acceptors (Lipinski definition) is 5. The lowest BCUT2D eigenvalue weighted by molar-refractivity contribution is -0.133. The molecule has 2 aromatic heterocycles. The van der Waals surface area contributed by atoms with Crippen molar-refractivity contribution in [2.24, 2.45) is 0 Å². The summed E-state index contributed by atoms with van der Waals surface area (Å²) in [5.41, 5.74) is 5.05. The van der Waals surface area contributed by atoms with E-state index in [9.17, 15) is 9.59 Å². The van der Waals surface area contributed by atoms with Crippen LogP contribution in [0.4, 0.5) is 0 Å². The van der Waals surface area contributed by atoms with Crippen molar-refractivity contribution in [3.8, 4) is 5.75 Å². The van der Waals surface area contributed by atoms with E-state index in [1.807, 2.05) is 11.8 Å². The summed E-state index contributed by atoms with van der Waals surface area (Å²) in [4.78, 5) is 34.1. The van der Waals surface area contributed by atoms with Crippen LogP contribution in [0.15, 0.2) is 42.6 Å². The standard InChI is InChI=1S/C26H32N4O3/c1-4-33-22-7-5-21(6-8-22)24(31)9-10-26(32)29-15-13-28(14-16-29)18-23-20(3)27-25-17-19(2)11-12-30(23)25/h5-8,11-12,17H,4,9-10,13-16,18H2,1-3H3. The maximum absolute atomic E-state index is 12.7. The second-order valence-electron chi connectivity index (χ2n) is 8.61. The van der Waals surface area contributed by atoms with Crippen molar-refractivity contribution in [2.45, 2.75) is 40.2 Å². The van der Waals surface area contributed by atoms with Crippen LogP contribution >= 0.6 is 0 Å². The molecule has 33 heavy (non-hydrogen) atoms. The van der Waals surface area contributed by atoms with Crippen molar-refractivity contribution < 1.29 is 14.3 Å². The zero-order chi connectivity index (χ0) is 23.4. The largest absolute Gasteiger partial charge is 0.494 e. The molecule has 3 aromatic rings. The molecule has 1 aliphatic heterocycles. The number of fused-ring (bicyclic) bond motifs is 1. The van der Waals surface area contributed by atoms with Crippen LogP contribution in [0.2, 0.25) is 0 Å². The third-order valence-electron chi connectivity index (χ3n) is 6.23. The lowest BCUT2D eigenvalue weighted by Gasteiger charge is -2.34. The number of ether oxygens (including phenoxy) is 1. The number of amides is 1. The van der Waals surface area contributed by atoms with Crippen molar-refractivity contribution in [2.75, 3.05) is 32.8 Å². The highest BCUT2D eigenvalue weighted by atomic mass is 16.5. The van der Waals surface area contributed by atoms with Gasteiger partial charge in [-0.2, -0.15) is 0 Å². The number of hydrogen-bond donors (Lipinski definition) is 0. The molecule has 0 N–H and O–H groups in total. The van der Waals surface area contributed by atoms with E-state index in [1.165, 1.54) is 11.3 Å². The summed E-state index contributed by atoms with van der Waals surface area (Å²) in [6, 6.07) is 11.3. The van der Waals surface area contributed by atoms with Crippen molar-refractivity contribution in [1.82, 2.24) is 19.2 Å². The zero-order valence-corrected chi connectivity index (χ0v) is 19.7. The Kier molecular flexibility index (Phi) is 7.08. The van der Waals surface area contributed by atoms with Crippen molar-refractivity contribution in [3.63, 3.8) is 0 Å². The van der Waals surface area contributed by atoms with Gasteiger partial charge < -0.3 is 14.0 Å². The topological polar surface area (TPSA) is 67.2 Å². The maximum atomic E-state index is 12.7. The second-order valence-corrected chi connectivity index (χ2v) is 8.61. The maximum Gasteiger partial charge on any atom is 0.223 e. The Morgan fingerprint density at radius 2 is 1.73 bits per heavy atom. The van der Waals surface area contributed by atoms with E-state index in [4.69, 9.17) is 9.72 Å². The van der Waals surface area contributed by atoms with Gasteiger partial charge in [0.15, 0.2) is 5.78 Å². The van der Waals surface area contributed by atoms with E-state index in [2.05, 4.69) is 41.5 Å². The van der Waals surface area contributed by atoms with Crippen LogP contribution in [-0.4, -0.2) is 63.7 Å². The highest BCUT2D eigenvalue weighted by molar-refractivity contribution is 5.98. The Hall–Kier alpha value is -3.19. The molecule has 1 amide bonds. The highest BCUT2D eigenvalue weighted by Gasteiger charge is 2.23. The lowest BCUT2D eigenvalue weighted by atomic mass is 10.1. The molecule has 0 saturated carbocycles. The van der Waals surface area contributed by atoms with E-state index >= 15 is 0 Å². The molecule has 1 aliphatic rings. The smallest absolute Gasteiger partial charge is 0.223 e. The summed E-state index contributed by atoms with van der Waals surface area (Å²) in [5.74, 6) is 0.788. The Morgan fingerprint density at radius 1 is 1.00 bits per heavy atom. The molecule has 7 nitrogen and oxygen atoms in total. The van der Waals surface area contributed by atoms with Gasteiger partial charge in [-0.05, 0) is 62.7 Å². The van der Waals surface area contributed by atoms with Gasteiger partial charge in [0.25, 0.3) is 0 Å². The molecule has 0 radical (unpaired) electrons. The quantitative estimate of drug-likeness (QED) is 0.492. The fourth-order valence-corrected chi connectivity index (χ4v) is 4.30. The monoisotopic (exact) mass is 448 g/mol. The molecule has 7 heteroatoms. The van der Waals surface area contributed by atoms with Gasteiger partial charge in [-0.3, -0.25) is 14.5 Å². The number of benzene rings is 1.